The molecule has 0 fully saturated rings. The SMILES string of the molecule is C#CC(C)(CCCc1ccc(F)c(Oc2ccc(F)cc2)c1)c1ccc(OC(C)C)cc1. The monoisotopic (exact) mass is 434 g/mol. The first-order valence-electron chi connectivity index (χ1n) is 10.8. The molecule has 0 heterocycles. The fraction of sp³-hybridized carbons (Fsp3) is 0.286. The molecule has 0 spiro atoms. The second-order valence-corrected chi connectivity index (χ2v) is 8.34. The summed E-state index contributed by atoms with van der Waals surface area (Å²) in [5.74, 6) is 3.43. The van der Waals surface area contributed by atoms with Gasteiger partial charge in [0.15, 0.2) is 11.6 Å². The second-order valence-electron chi connectivity index (χ2n) is 8.34. The van der Waals surface area contributed by atoms with E-state index in [9.17, 15) is 8.78 Å². The van der Waals surface area contributed by atoms with Crippen LogP contribution in [-0.4, -0.2) is 6.10 Å². The fourth-order valence-electron chi connectivity index (χ4n) is 3.53. The van der Waals surface area contributed by atoms with Crippen LogP contribution in [0.3, 0.4) is 0 Å². The van der Waals surface area contributed by atoms with Crippen molar-refractivity contribution in [3.8, 4) is 29.6 Å². The van der Waals surface area contributed by atoms with Crippen LogP contribution in [0.4, 0.5) is 8.78 Å². The van der Waals surface area contributed by atoms with Crippen molar-refractivity contribution in [3.63, 3.8) is 0 Å². The van der Waals surface area contributed by atoms with Crippen molar-refractivity contribution in [3.05, 3.63) is 89.5 Å². The van der Waals surface area contributed by atoms with Crippen LogP contribution in [0, 0.1) is 24.0 Å². The first-order valence-corrected chi connectivity index (χ1v) is 10.8. The van der Waals surface area contributed by atoms with Crippen LogP contribution in [0.5, 0.6) is 17.2 Å². The normalized spacial score (nSPS) is 12.8. The Morgan fingerprint density at radius 1 is 0.938 bits per heavy atom. The molecular weight excluding hydrogens is 406 g/mol. The van der Waals surface area contributed by atoms with Gasteiger partial charge >= 0.3 is 0 Å². The van der Waals surface area contributed by atoms with Crippen LogP contribution in [0.1, 0.15) is 44.7 Å². The number of aryl methyl sites for hydroxylation is 1. The van der Waals surface area contributed by atoms with E-state index in [-0.39, 0.29) is 17.7 Å². The third-order valence-electron chi connectivity index (χ3n) is 5.36. The molecule has 3 aromatic carbocycles. The minimum atomic E-state index is -0.463. The lowest BCUT2D eigenvalue weighted by atomic mass is 9.78. The standard InChI is InChI=1S/C28H28F2O2/c1-5-28(4,22-9-13-24(14-10-22)31-20(2)3)18-6-7-21-8-17-26(30)27(19-21)32-25-15-11-23(29)12-16-25/h1,8-17,19-20H,6-7,18H2,2-4H3. The number of rotatable bonds is 9. The van der Waals surface area contributed by atoms with Gasteiger partial charge in [-0.3, -0.25) is 0 Å². The van der Waals surface area contributed by atoms with E-state index in [2.05, 4.69) is 12.8 Å². The third-order valence-corrected chi connectivity index (χ3v) is 5.36. The summed E-state index contributed by atoms with van der Waals surface area (Å²) in [4.78, 5) is 0. The lowest BCUT2D eigenvalue weighted by molar-refractivity contribution is 0.242. The Morgan fingerprint density at radius 3 is 2.22 bits per heavy atom. The highest BCUT2D eigenvalue weighted by molar-refractivity contribution is 5.38. The van der Waals surface area contributed by atoms with E-state index in [0.717, 1.165) is 36.1 Å². The summed E-state index contributed by atoms with van der Waals surface area (Å²) in [6.07, 6.45) is 8.35. The van der Waals surface area contributed by atoms with Crippen molar-refractivity contribution in [1.29, 1.82) is 0 Å². The number of hydrogen-bond donors (Lipinski definition) is 0. The molecule has 1 unspecified atom stereocenters. The van der Waals surface area contributed by atoms with Crippen molar-refractivity contribution >= 4 is 0 Å². The Bertz CT molecular complexity index is 1070. The number of hydrogen-bond acceptors (Lipinski definition) is 2. The predicted molar refractivity (Wildman–Crippen MR) is 124 cm³/mol. The Labute approximate surface area is 189 Å². The average Bonchev–Trinajstić information content (AvgIpc) is 2.77. The zero-order chi connectivity index (χ0) is 23.1. The zero-order valence-electron chi connectivity index (χ0n) is 18.7. The number of benzene rings is 3. The van der Waals surface area contributed by atoms with Crippen LogP contribution in [0.2, 0.25) is 0 Å². The molecule has 3 aromatic rings. The van der Waals surface area contributed by atoms with E-state index in [1.54, 1.807) is 12.1 Å². The second kappa shape index (κ2) is 10.3. The van der Waals surface area contributed by atoms with Gasteiger partial charge in [0.2, 0.25) is 0 Å². The molecule has 0 saturated carbocycles. The van der Waals surface area contributed by atoms with Gasteiger partial charge in [-0.25, -0.2) is 8.78 Å². The molecule has 32 heavy (non-hydrogen) atoms. The predicted octanol–water partition coefficient (Wildman–Crippen LogP) is 7.46. The molecule has 3 rings (SSSR count). The molecule has 1 atom stereocenters. The van der Waals surface area contributed by atoms with Crippen molar-refractivity contribution < 1.29 is 18.3 Å². The van der Waals surface area contributed by atoms with E-state index in [4.69, 9.17) is 15.9 Å². The van der Waals surface area contributed by atoms with E-state index < -0.39 is 11.2 Å². The van der Waals surface area contributed by atoms with Gasteiger partial charge in [0.25, 0.3) is 0 Å². The molecule has 4 heteroatoms. The Morgan fingerprint density at radius 2 is 1.59 bits per heavy atom. The minimum absolute atomic E-state index is 0.118. The quantitative estimate of drug-likeness (QED) is 0.326. The molecule has 0 bridgehead atoms. The summed E-state index contributed by atoms with van der Waals surface area (Å²) in [7, 11) is 0. The molecule has 0 aliphatic heterocycles. The highest BCUT2D eigenvalue weighted by Gasteiger charge is 2.23. The van der Waals surface area contributed by atoms with Crippen molar-refractivity contribution in [2.75, 3.05) is 0 Å². The van der Waals surface area contributed by atoms with Crippen LogP contribution in [0.25, 0.3) is 0 Å². The van der Waals surface area contributed by atoms with E-state index in [1.165, 1.54) is 30.3 Å². The zero-order valence-corrected chi connectivity index (χ0v) is 18.7. The van der Waals surface area contributed by atoms with Crippen molar-refractivity contribution in [1.82, 2.24) is 0 Å². The summed E-state index contributed by atoms with van der Waals surface area (Å²) < 4.78 is 38.6. The first-order chi connectivity index (χ1) is 15.3. The van der Waals surface area contributed by atoms with E-state index in [0.29, 0.717) is 5.75 Å². The van der Waals surface area contributed by atoms with Gasteiger partial charge in [0.1, 0.15) is 17.3 Å². The largest absolute Gasteiger partial charge is 0.491 e. The lowest BCUT2D eigenvalue weighted by Crippen LogP contribution is -2.19. The summed E-state index contributed by atoms with van der Waals surface area (Å²) in [6.45, 7) is 6.04. The van der Waals surface area contributed by atoms with Crippen LogP contribution in [-0.2, 0) is 11.8 Å². The van der Waals surface area contributed by atoms with Gasteiger partial charge < -0.3 is 9.47 Å². The molecule has 0 N–H and O–H groups in total. The molecule has 2 nitrogen and oxygen atoms in total. The molecule has 0 radical (unpaired) electrons. The number of ether oxygens (including phenoxy) is 2. The van der Waals surface area contributed by atoms with Gasteiger partial charge in [-0.15, -0.1) is 6.42 Å². The van der Waals surface area contributed by atoms with Crippen LogP contribution >= 0.6 is 0 Å². The maximum Gasteiger partial charge on any atom is 0.165 e. The smallest absolute Gasteiger partial charge is 0.165 e. The van der Waals surface area contributed by atoms with Gasteiger partial charge in [0.05, 0.1) is 11.5 Å². The Kier molecular flexibility index (Phi) is 7.53. The van der Waals surface area contributed by atoms with Gasteiger partial charge in [-0.2, -0.15) is 0 Å². The van der Waals surface area contributed by atoms with Gasteiger partial charge in [-0.1, -0.05) is 24.1 Å². The topological polar surface area (TPSA) is 18.5 Å². The summed E-state index contributed by atoms with van der Waals surface area (Å²) in [6, 6.07) is 18.2. The van der Waals surface area contributed by atoms with Crippen molar-refractivity contribution in [2.24, 2.45) is 0 Å². The molecule has 166 valence electrons. The summed E-state index contributed by atoms with van der Waals surface area (Å²) >= 11 is 0. The van der Waals surface area contributed by atoms with Crippen LogP contribution in [0.15, 0.2) is 66.7 Å². The average molecular weight is 435 g/mol. The molecule has 0 saturated heterocycles. The molecule has 0 aliphatic carbocycles. The fourth-order valence-corrected chi connectivity index (χ4v) is 3.53. The first kappa shape index (κ1) is 23.3. The summed E-state index contributed by atoms with van der Waals surface area (Å²) in [5.41, 5.74) is 1.60. The molecule has 0 amide bonds. The third kappa shape index (κ3) is 6.11. The molecule has 0 aromatic heterocycles. The number of halogens is 2. The summed E-state index contributed by atoms with van der Waals surface area (Å²) in [5, 5.41) is 0. The highest BCUT2D eigenvalue weighted by Crippen LogP contribution is 2.31. The lowest BCUT2D eigenvalue weighted by Gasteiger charge is -2.25. The van der Waals surface area contributed by atoms with Gasteiger partial charge in [0, 0.05) is 0 Å². The molecule has 0 aliphatic rings. The van der Waals surface area contributed by atoms with E-state index >= 15 is 0 Å². The minimum Gasteiger partial charge on any atom is -0.491 e. The highest BCUT2D eigenvalue weighted by atomic mass is 19.1. The maximum absolute atomic E-state index is 14.2. The maximum atomic E-state index is 14.2. The Balaban J connectivity index is 1.64. The molecular formula is C28H28F2O2. The van der Waals surface area contributed by atoms with E-state index in [1.807, 2.05) is 38.1 Å². The Hall–Kier alpha value is -3.32. The van der Waals surface area contributed by atoms with Gasteiger partial charge in [-0.05, 0) is 99.7 Å². The number of terminal acetylenes is 1. The van der Waals surface area contributed by atoms with Crippen molar-refractivity contribution in [2.45, 2.75) is 51.6 Å². The van der Waals surface area contributed by atoms with Crippen LogP contribution < -0.4 is 9.47 Å².